The third-order valence-electron chi connectivity index (χ3n) is 0.798. The fraction of sp³-hybridized carbons (Fsp3) is 0.500. The van der Waals surface area contributed by atoms with Gasteiger partial charge in [-0.2, -0.15) is 5.10 Å². The minimum atomic E-state index is -0.290. The van der Waals surface area contributed by atoms with Crippen LogP contribution in [-0.4, -0.2) is 11.6 Å². The molecule has 0 rings (SSSR count). The maximum Gasteiger partial charge on any atom is 0.239 e. The van der Waals surface area contributed by atoms with E-state index >= 15 is 0 Å². The van der Waals surface area contributed by atoms with Crippen molar-refractivity contribution >= 4 is 11.6 Å². The largest absolute Gasteiger partial charge is 0.323 e. The zero-order chi connectivity index (χ0) is 7.28. The fourth-order valence-electron chi connectivity index (χ4n) is 0.329. The van der Waals surface area contributed by atoms with Gasteiger partial charge in [0.05, 0.1) is 6.42 Å². The highest BCUT2D eigenvalue weighted by atomic mass is 16.2. The van der Waals surface area contributed by atoms with E-state index in [4.69, 9.17) is 11.7 Å². The number of hydrogen-bond donors (Lipinski definition) is 3. The molecule has 9 heavy (non-hydrogen) atoms. The van der Waals surface area contributed by atoms with Gasteiger partial charge >= 0.3 is 0 Å². The summed E-state index contributed by atoms with van der Waals surface area (Å²) in [5.74, 6) is 9.33. The third kappa shape index (κ3) is 3.48. The standard InChI is InChI=1S/C4H10N4O/c1-3(7-5)2-4(9)8-6/h2,5-6H2,1H3,(H,8,9)/b7-3+. The molecule has 0 heterocycles. The molecule has 0 atom stereocenters. The Bertz CT molecular complexity index is 131. The summed E-state index contributed by atoms with van der Waals surface area (Å²) in [6.07, 6.45) is 0.160. The van der Waals surface area contributed by atoms with Crippen molar-refractivity contribution in [1.82, 2.24) is 5.43 Å². The van der Waals surface area contributed by atoms with Crippen molar-refractivity contribution in [2.45, 2.75) is 13.3 Å². The van der Waals surface area contributed by atoms with Crippen LogP contribution in [0.15, 0.2) is 5.10 Å². The van der Waals surface area contributed by atoms with Gasteiger partial charge in [-0.15, -0.1) is 0 Å². The third-order valence-corrected chi connectivity index (χ3v) is 0.798. The molecule has 0 spiro atoms. The molecule has 0 aromatic carbocycles. The molecule has 0 bridgehead atoms. The van der Waals surface area contributed by atoms with Crippen LogP contribution in [0.2, 0.25) is 0 Å². The Morgan fingerprint density at radius 1 is 1.78 bits per heavy atom. The van der Waals surface area contributed by atoms with E-state index in [1.165, 1.54) is 0 Å². The molecule has 0 aliphatic carbocycles. The van der Waals surface area contributed by atoms with Gasteiger partial charge in [-0.25, -0.2) is 5.84 Å². The molecule has 1 amide bonds. The number of nitrogens with one attached hydrogen (secondary N) is 1. The zero-order valence-corrected chi connectivity index (χ0v) is 5.22. The van der Waals surface area contributed by atoms with Crippen LogP contribution >= 0.6 is 0 Å². The Labute approximate surface area is 53.1 Å². The summed E-state index contributed by atoms with van der Waals surface area (Å²) in [5, 5.41) is 3.28. The van der Waals surface area contributed by atoms with Gasteiger partial charge in [0.25, 0.3) is 0 Å². The Morgan fingerprint density at radius 3 is 2.67 bits per heavy atom. The molecule has 52 valence electrons. The first-order valence-electron chi connectivity index (χ1n) is 2.43. The maximum atomic E-state index is 10.4. The Kier molecular flexibility index (Phi) is 3.38. The van der Waals surface area contributed by atoms with Gasteiger partial charge in [0.1, 0.15) is 0 Å². The van der Waals surface area contributed by atoms with Crippen LogP contribution in [-0.2, 0) is 4.79 Å². The maximum absolute atomic E-state index is 10.4. The highest BCUT2D eigenvalue weighted by molar-refractivity contribution is 5.99. The van der Waals surface area contributed by atoms with Crippen molar-refractivity contribution in [2.24, 2.45) is 16.8 Å². The summed E-state index contributed by atoms with van der Waals surface area (Å²) in [5.41, 5.74) is 2.51. The molecule has 0 saturated heterocycles. The molecule has 5 heteroatoms. The van der Waals surface area contributed by atoms with Gasteiger partial charge < -0.3 is 5.84 Å². The lowest BCUT2D eigenvalue weighted by molar-refractivity contribution is -0.119. The molecule has 0 aromatic heterocycles. The Morgan fingerprint density at radius 2 is 2.33 bits per heavy atom. The van der Waals surface area contributed by atoms with Crippen LogP contribution < -0.4 is 17.1 Å². The lowest BCUT2D eigenvalue weighted by Gasteiger charge is -1.95. The second-order valence-corrected chi connectivity index (χ2v) is 1.61. The van der Waals surface area contributed by atoms with Crippen LogP contribution in [0.4, 0.5) is 0 Å². The van der Waals surface area contributed by atoms with Gasteiger partial charge in [0, 0.05) is 5.71 Å². The number of nitrogens with two attached hydrogens (primary N) is 2. The number of carbonyl (C=O) groups excluding carboxylic acids is 1. The van der Waals surface area contributed by atoms with Gasteiger partial charge in [0.2, 0.25) is 5.91 Å². The van der Waals surface area contributed by atoms with E-state index in [1.807, 2.05) is 5.43 Å². The molecule has 0 saturated carbocycles. The summed E-state index contributed by atoms with van der Waals surface area (Å²) < 4.78 is 0. The number of carbonyl (C=O) groups is 1. The van der Waals surface area contributed by atoms with E-state index in [9.17, 15) is 4.79 Å². The Balaban J connectivity index is 3.60. The monoisotopic (exact) mass is 130 g/mol. The van der Waals surface area contributed by atoms with Gasteiger partial charge in [-0.05, 0) is 6.92 Å². The van der Waals surface area contributed by atoms with Gasteiger partial charge in [-0.3, -0.25) is 10.2 Å². The molecule has 0 aromatic rings. The first-order valence-corrected chi connectivity index (χ1v) is 2.43. The second-order valence-electron chi connectivity index (χ2n) is 1.61. The lowest BCUT2D eigenvalue weighted by Crippen LogP contribution is -2.31. The summed E-state index contributed by atoms with van der Waals surface area (Å²) in [6.45, 7) is 1.65. The van der Waals surface area contributed by atoms with Crippen molar-refractivity contribution in [3.8, 4) is 0 Å². The predicted molar refractivity (Wildman–Crippen MR) is 34.2 cm³/mol. The van der Waals surface area contributed by atoms with E-state index in [0.29, 0.717) is 5.71 Å². The normalized spacial score (nSPS) is 11.1. The van der Waals surface area contributed by atoms with Crippen molar-refractivity contribution in [3.63, 3.8) is 0 Å². The SMILES string of the molecule is C/C(CC(=O)NN)=N\N. The molecular weight excluding hydrogens is 120 g/mol. The van der Waals surface area contributed by atoms with Crippen LogP contribution in [0, 0.1) is 0 Å². The van der Waals surface area contributed by atoms with Crippen molar-refractivity contribution in [3.05, 3.63) is 0 Å². The van der Waals surface area contributed by atoms with Gasteiger partial charge in [0.15, 0.2) is 0 Å². The van der Waals surface area contributed by atoms with E-state index in [0.717, 1.165) is 0 Å². The highest BCUT2D eigenvalue weighted by Crippen LogP contribution is 1.81. The molecule has 0 aliphatic rings. The van der Waals surface area contributed by atoms with Crippen molar-refractivity contribution in [2.75, 3.05) is 0 Å². The molecule has 0 fully saturated rings. The van der Waals surface area contributed by atoms with Crippen LogP contribution in [0.25, 0.3) is 0 Å². The molecule has 5 N–H and O–H groups in total. The smallest absolute Gasteiger partial charge is 0.239 e. The Hall–Kier alpha value is -1.10. The zero-order valence-electron chi connectivity index (χ0n) is 5.22. The summed E-state index contributed by atoms with van der Waals surface area (Å²) >= 11 is 0. The summed E-state index contributed by atoms with van der Waals surface area (Å²) in [4.78, 5) is 10.4. The topological polar surface area (TPSA) is 93.5 Å². The number of hydrazine groups is 1. The number of hydrogen-bond acceptors (Lipinski definition) is 4. The summed E-state index contributed by atoms with van der Waals surface area (Å²) in [6, 6.07) is 0. The van der Waals surface area contributed by atoms with Crippen LogP contribution in [0.1, 0.15) is 13.3 Å². The highest BCUT2D eigenvalue weighted by Gasteiger charge is 1.98. The molecular formula is C4H10N4O. The van der Waals surface area contributed by atoms with Crippen molar-refractivity contribution in [1.29, 1.82) is 0 Å². The minimum Gasteiger partial charge on any atom is -0.323 e. The van der Waals surface area contributed by atoms with E-state index < -0.39 is 0 Å². The van der Waals surface area contributed by atoms with Crippen molar-refractivity contribution < 1.29 is 4.79 Å². The lowest BCUT2D eigenvalue weighted by atomic mass is 10.3. The molecule has 0 unspecified atom stereocenters. The van der Waals surface area contributed by atoms with Crippen LogP contribution in [0.3, 0.4) is 0 Å². The second kappa shape index (κ2) is 3.85. The number of nitrogens with zero attached hydrogens (tertiary/aromatic N) is 1. The van der Waals surface area contributed by atoms with Crippen LogP contribution in [0.5, 0.6) is 0 Å². The number of hydrazone groups is 1. The molecule has 5 nitrogen and oxygen atoms in total. The fourth-order valence-corrected chi connectivity index (χ4v) is 0.329. The van der Waals surface area contributed by atoms with E-state index in [1.54, 1.807) is 6.92 Å². The molecule has 0 aliphatic heterocycles. The predicted octanol–water partition coefficient (Wildman–Crippen LogP) is -1.30. The van der Waals surface area contributed by atoms with E-state index in [2.05, 4.69) is 5.10 Å². The first-order chi connectivity index (χ1) is 4.20. The van der Waals surface area contributed by atoms with E-state index in [-0.39, 0.29) is 12.3 Å². The number of rotatable bonds is 2. The summed E-state index contributed by atoms with van der Waals surface area (Å²) in [7, 11) is 0. The minimum absolute atomic E-state index is 0.160. The quantitative estimate of drug-likeness (QED) is 0.188. The van der Waals surface area contributed by atoms with Gasteiger partial charge in [-0.1, -0.05) is 0 Å². The molecule has 0 radical (unpaired) electrons. The first kappa shape index (κ1) is 7.90. The average Bonchev–Trinajstić information content (AvgIpc) is 1.87. The average molecular weight is 130 g/mol. The number of amides is 1.